The number of ketones is 1. The first-order chi connectivity index (χ1) is 11.7. The molecule has 2 amide bonds. The topological polar surface area (TPSA) is 67.3 Å². The Bertz CT molecular complexity index is 901. The average molecular weight is 320 g/mol. The van der Waals surface area contributed by atoms with Crippen molar-refractivity contribution in [3.63, 3.8) is 0 Å². The van der Waals surface area contributed by atoms with Gasteiger partial charge in [0.1, 0.15) is 5.78 Å². The van der Waals surface area contributed by atoms with Crippen LogP contribution < -0.4 is 4.90 Å². The van der Waals surface area contributed by atoms with E-state index >= 15 is 0 Å². The SMILES string of the molecule is O=C1CC2CCC1C1C(=O)N(c3cccc4cnccc34)C(=O)C21. The molecule has 4 fully saturated rings. The maximum atomic E-state index is 13.1. The van der Waals surface area contributed by atoms with Gasteiger partial charge in [-0.3, -0.25) is 19.4 Å². The number of rotatable bonds is 1. The van der Waals surface area contributed by atoms with Crippen molar-refractivity contribution in [3.05, 3.63) is 36.7 Å². The van der Waals surface area contributed by atoms with Crippen molar-refractivity contribution >= 4 is 34.1 Å². The van der Waals surface area contributed by atoms with Crippen molar-refractivity contribution in [2.75, 3.05) is 4.90 Å². The van der Waals surface area contributed by atoms with Gasteiger partial charge in [-0.25, -0.2) is 4.90 Å². The Morgan fingerprint density at radius 2 is 1.83 bits per heavy atom. The maximum Gasteiger partial charge on any atom is 0.238 e. The van der Waals surface area contributed by atoms with E-state index in [9.17, 15) is 14.4 Å². The molecule has 3 saturated carbocycles. The first-order valence-corrected chi connectivity index (χ1v) is 8.40. The van der Waals surface area contributed by atoms with Crippen molar-refractivity contribution in [1.82, 2.24) is 4.98 Å². The summed E-state index contributed by atoms with van der Waals surface area (Å²) in [5, 5.41) is 1.73. The van der Waals surface area contributed by atoms with Gasteiger partial charge in [-0.15, -0.1) is 0 Å². The number of hydrogen-bond acceptors (Lipinski definition) is 4. The minimum atomic E-state index is -0.449. The summed E-state index contributed by atoms with van der Waals surface area (Å²) in [6.07, 6.45) is 5.47. The number of carbonyl (C=O) groups is 3. The zero-order valence-electron chi connectivity index (χ0n) is 13.0. The molecule has 2 heterocycles. The molecule has 1 aromatic heterocycles. The zero-order valence-corrected chi connectivity index (χ0v) is 13.0. The van der Waals surface area contributed by atoms with Crippen LogP contribution >= 0.6 is 0 Å². The van der Waals surface area contributed by atoms with E-state index < -0.39 is 5.92 Å². The predicted molar refractivity (Wildman–Crippen MR) is 87.1 cm³/mol. The normalized spacial score (nSPS) is 31.8. The summed E-state index contributed by atoms with van der Waals surface area (Å²) in [6, 6.07) is 7.38. The molecule has 0 radical (unpaired) electrons. The van der Waals surface area contributed by atoms with Crippen LogP contribution in [0.5, 0.6) is 0 Å². The fourth-order valence-corrected chi connectivity index (χ4v) is 4.92. The molecule has 2 bridgehead atoms. The Kier molecular flexibility index (Phi) is 2.72. The summed E-state index contributed by atoms with van der Waals surface area (Å²) in [4.78, 5) is 43.8. The van der Waals surface area contributed by atoms with Gasteiger partial charge < -0.3 is 0 Å². The first-order valence-electron chi connectivity index (χ1n) is 8.40. The van der Waals surface area contributed by atoms with Gasteiger partial charge in [0.15, 0.2) is 0 Å². The quantitative estimate of drug-likeness (QED) is 0.756. The zero-order chi connectivity index (χ0) is 16.4. The number of benzene rings is 1. The number of amides is 2. The third kappa shape index (κ3) is 1.64. The third-order valence-corrected chi connectivity index (χ3v) is 5.96. The summed E-state index contributed by atoms with van der Waals surface area (Å²) in [6.45, 7) is 0. The Morgan fingerprint density at radius 3 is 2.67 bits per heavy atom. The van der Waals surface area contributed by atoms with E-state index in [1.165, 1.54) is 4.90 Å². The second-order valence-corrected chi connectivity index (χ2v) is 7.05. The molecule has 4 atom stereocenters. The van der Waals surface area contributed by atoms with E-state index in [0.717, 1.165) is 23.6 Å². The highest BCUT2D eigenvalue weighted by Gasteiger charge is 2.61. The van der Waals surface area contributed by atoms with E-state index in [1.807, 2.05) is 18.2 Å². The third-order valence-electron chi connectivity index (χ3n) is 5.96. The Morgan fingerprint density at radius 1 is 1.00 bits per heavy atom. The first kappa shape index (κ1) is 13.8. The van der Waals surface area contributed by atoms with Gasteiger partial charge >= 0.3 is 0 Å². The van der Waals surface area contributed by atoms with E-state index in [1.54, 1.807) is 18.5 Å². The number of imide groups is 1. The van der Waals surface area contributed by atoms with Crippen LogP contribution in [-0.2, 0) is 14.4 Å². The lowest BCUT2D eigenvalue weighted by Crippen LogP contribution is -2.46. The lowest BCUT2D eigenvalue weighted by atomic mass is 9.59. The van der Waals surface area contributed by atoms with Crippen LogP contribution in [0.4, 0.5) is 5.69 Å². The summed E-state index contributed by atoms with van der Waals surface area (Å²) in [5.74, 6) is -1.16. The number of nitrogens with zero attached hydrogens (tertiary/aromatic N) is 2. The van der Waals surface area contributed by atoms with Crippen LogP contribution in [-0.4, -0.2) is 22.6 Å². The molecule has 24 heavy (non-hydrogen) atoms. The molecule has 4 aliphatic rings. The largest absolute Gasteiger partial charge is 0.299 e. The summed E-state index contributed by atoms with van der Waals surface area (Å²) in [7, 11) is 0. The lowest BCUT2D eigenvalue weighted by molar-refractivity contribution is -0.143. The molecule has 1 saturated heterocycles. The van der Waals surface area contributed by atoms with Crippen LogP contribution in [0.3, 0.4) is 0 Å². The smallest absolute Gasteiger partial charge is 0.238 e. The van der Waals surface area contributed by atoms with Gasteiger partial charge in [0.25, 0.3) is 0 Å². The van der Waals surface area contributed by atoms with Crippen molar-refractivity contribution in [2.24, 2.45) is 23.7 Å². The fraction of sp³-hybridized carbons (Fsp3) is 0.368. The lowest BCUT2D eigenvalue weighted by Gasteiger charge is -2.41. The molecule has 1 aliphatic heterocycles. The minimum absolute atomic E-state index is 0.0330. The van der Waals surface area contributed by atoms with Crippen LogP contribution in [0.25, 0.3) is 10.8 Å². The van der Waals surface area contributed by atoms with Crippen molar-refractivity contribution in [2.45, 2.75) is 19.3 Å². The van der Waals surface area contributed by atoms with Crippen LogP contribution in [0.2, 0.25) is 0 Å². The van der Waals surface area contributed by atoms with E-state index in [4.69, 9.17) is 0 Å². The minimum Gasteiger partial charge on any atom is -0.299 e. The fourth-order valence-electron chi connectivity index (χ4n) is 4.92. The van der Waals surface area contributed by atoms with Gasteiger partial charge in [0, 0.05) is 35.5 Å². The van der Waals surface area contributed by atoms with Crippen LogP contribution in [0.1, 0.15) is 19.3 Å². The summed E-state index contributed by atoms with van der Waals surface area (Å²) >= 11 is 0. The second-order valence-electron chi connectivity index (χ2n) is 7.05. The Balaban J connectivity index is 1.66. The number of carbonyl (C=O) groups excluding carboxylic acids is 3. The Labute approximate surface area is 138 Å². The molecule has 5 nitrogen and oxygen atoms in total. The molecule has 3 aliphatic carbocycles. The van der Waals surface area contributed by atoms with Crippen molar-refractivity contribution in [1.29, 1.82) is 0 Å². The molecular formula is C19H16N2O3. The number of anilines is 1. The molecule has 5 heteroatoms. The molecule has 6 rings (SSSR count). The molecule has 1 aromatic carbocycles. The summed E-state index contributed by atoms with van der Waals surface area (Å²) < 4.78 is 0. The molecular weight excluding hydrogens is 304 g/mol. The Hall–Kier alpha value is -2.56. The van der Waals surface area contributed by atoms with Crippen LogP contribution in [0.15, 0.2) is 36.7 Å². The van der Waals surface area contributed by atoms with E-state index in [2.05, 4.69) is 4.98 Å². The monoisotopic (exact) mass is 320 g/mol. The number of fused-ring (bicyclic) bond motifs is 3. The van der Waals surface area contributed by atoms with E-state index in [-0.39, 0.29) is 35.4 Å². The highest BCUT2D eigenvalue weighted by Crippen LogP contribution is 2.52. The molecule has 2 aromatic rings. The highest BCUT2D eigenvalue weighted by molar-refractivity contribution is 6.26. The van der Waals surface area contributed by atoms with Gasteiger partial charge in [-0.05, 0) is 30.9 Å². The summed E-state index contributed by atoms with van der Waals surface area (Å²) in [5.41, 5.74) is 0.617. The molecule has 0 spiro atoms. The standard InChI is InChI=1S/C19H16N2O3/c22-15-8-10-4-5-13(15)17-16(10)18(23)21(19(17)24)14-3-1-2-11-9-20-7-6-12(11)14/h1-3,6-7,9-10,13,16-17H,4-5,8H2. The number of pyridine rings is 1. The molecule has 4 unspecified atom stereocenters. The average Bonchev–Trinajstić information content (AvgIpc) is 2.88. The van der Waals surface area contributed by atoms with E-state index in [0.29, 0.717) is 12.1 Å². The molecule has 0 N–H and O–H groups in total. The van der Waals surface area contributed by atoms with Crippen molar-refractivity contribution < 1.29 is 14.4 Å². The van der Waals surface area contributed by atoms with Crippen LogP contribution in [0, 0.1) is 23.7 Å². The van der Waals surface area contributed by atoms with Crippen molar-refractivity contribution in [3.8, 4) is 0 Å². The number of Topliss-reactive ketones (excluding diaryl/α,β-unsaturated/α-hetero) is 1. The number of hydrogen-bond donors (Lipinski definition) is 0. The van der Waals surface area contributed by atoms with Gasteiger partial charge in [-0.1, -0.05) is 12.1 Å². The highest BCUT2D eigenvalue weighted by atomic mass is 16.2. The number of aromatic nitrogens is 1. The van der Waals surface area contributed by atoms with Gasteiger partial charge in [0.2, 0.25) is 11.8 Å². The predicted octanol–water partition coefficient (Wildman–Crippen LogP) is 2.34. The molecule has 120 valence electrons. The maximum absolute atomic E-state index is 13.1. The van der Waals surface area contributed by atoms with Gasteiger partial charge in [-0.2, -0.15) is 0 Å². The second kappa shape index (κ2) is 4.72. The van der Waals surface area contributed by atoms with Gasteiger partial charge in [0.05, 0.1) is 17.5 Å².